The third-order valence-electron chi connectivity index (χ3n) is 3.34. The summed E-state index contributed by atoms with van der Waals surface area (Å²) >= 11 is 4.94. The van der Waals surface area contributed by atoms with Crippen molar-refractivity contribution in [1.82, 2.24) is 10.3 Å². The Morgan fingerprint density at radius 1 is 1.35 bits per heavy atom. The van der Waals surface area contributed by atoms with Crippen molar-refractivity contribution in [3.63, 3.8) is 0 Å². The predicted octanol–water partition coefficient (Wildman–Crippen LogP) is 4.11. The first kappa shape index (κ1) is 22.3. The number of hydrogen-bond donors (Lipinski definition) is 2. The summed E-state index contributed by atoms with van der Waals surface area (Å²) in [7, 11) is 0. The van der Waals surface area contributed by atoms with E-state index < -0.39 is 5.54 Å². The standard InChI is InChI=1S/C15H18BrN3OS.2ClH/c1-9(13-8-21-10(2)19-13)18-14(20)15(3,17)11-4-6-12(16)7-5-11;;/h4-9H,17H2,1-3H3,(H,18,20);2*1H. The van der Waals surface area contributed by atoms with Gasteiger partial charge in [0, 0.05) is 9.85 Å². The number of nitrogens with one attached hydrogen (secondary N) is 1. The molecular formula is C15H20BrCl2N3OS. The number of aryl methyl sites for hydroxylation is 1. The Hall–Kier alpha value is -0.660. The summed E-state index contributed by atoms with van der Waals surface area (Å²) in [5, 5.41) is 5.86. The molecule has 0 aliphatic carbocycles. The van der Waals surface area contributed by atoms with E-state index in [1.54, 1.807) is 18.3 Å². The number of carbonyl (C=O) groups excluding carboxylic acids is 1. The minimum absolute atomic E-state index is 0. The topological polar surface area (TPSA) is 68.0 Å². The average molecular weight is 441 g/mol. The van der Waals surface area contributed by atoms with E-state index in [1.165, 1.54) is 0 Å². The fourth-order valence-electron chi connectivity index (χ4n) is 1.93. The Morgan fingerprint density at radius 2 is 1.91 bits per heavy atom. The lowest BCUT2D eigenvalue weighted by Gasteiger charge is -2.26. The molecule has 1 aromatic carbocycles. The molecule has 0 saturated heterocycles. The molecule has 0 saturated carbocycles. The van der Waals surface area contributed by atoms with Crippen molar-refractivity contribution in [3.05, 3.63) is 50.4 Å². The number of carbonyl (C=O) groups is 1. The summed E-state index contributed by atoms with van der Waals surface area (Å²) in [5.41, 5.74) is 6.76. The van der Waals surface area contributed by atoms with Crippen LogP contribution in [0.4, 0.5) is 0 Å². The number of aromatic nitrogens is 1. The number of nitrogens with zero attached hydrogens (tertiary/aromatic N) is 1. The van der Waals surface area contributed by atoms with Crippen LogP contribution < -0.4 is 11.1 Å². The Bertz CT molecular complexity index is 646. The highest BCUT2D eigenvalue weighted by Gasteiger charge is 2.31. The van der Waals surface area contributed by atoms with Gasteiger partial charge in [-0.05, 0) is 38.5 Å². The van der Waals surface area contributed by atoms with Crippen LogP contribution in [0.3, 0.4) is 0 Å². The van der Waals surface area contributed by atoms with E-state index in [-0.39, 0.29) is 36.8 Å². The summed E-state index contributed by atoms with van der Waals surface area (Å²) < 4.78 is 0.953. The van der Waals surface area contributed by atoms with Crippen molar-refractivity contribution >= 4 is 58.0 Å². The van der Waals surface area contributed by atoms with Crippen LogP contribution in [-0.4, -0.2) is 10.9 Å². The SMILES string of the molecule is Cc1nc(C(C)NC(=O)C(C)(N)c2ccc(Br)cc2)cs1.Cl.Cl. The zero-order valence-corrected chi connectivity index (χ0v) is 17.0. The van der Waals surface area contributed by atoms with Crippen LogP contribution >= 0.6 is 52.1 Å². The zero-order chi connectivity index (χ0) is 15.6. The molecule has 3 N–H and O–H groups in total. The molecule has 2 unspecified atom stereocenters. The smallest absolute Gasteiger partial charge is 0.244 e. The molecule has 1 amide bonds. The molecule has 23 heavy (non-hydrogen) atoms. The number of benzene rings is 1. The number of thiazole rings is 1. The van der Waals surface area contributed by atoms with Gasteiger partial charge in [0.2, 0.25) is 5.91 Å². The Morgan fingerprint density at radius 3 is 2.39 bits per heavy atom. The quantitative estimate of drug-likeness (QED) is 0.751. The molecule has 0 bridgehead atoms. The van der Waals surface area contributed by atoms with Gasteiger partial charge in [-0.1, -0.05) is 28.1 Å². The molecule has 2 aromatic rings. The lowest BCUT2D eigenvalue weighted by Crippen LogP contribution is -2.49. The third-order valence-corrected chi connectivity index (χ3v) is 4.66. The van der Waals surface area contributed by atoms with Crippen LogP contribution in [0.15, 0.2) is 34.1 Å². The van der Waals surface area contributed by atoms with Crippen LogP contribution in [0.25, 0.3) is 0 Å². The van der Waals surface area contributed by atoms with Gasteiger partial charge in [0.1, 0.15) is 5.54 Å². The van der Waals surface area contributed by atoms with Crippen LogP contribution in [-0.2, 0) is 10.3 Å². The number of halogens is 3. The van der Waals surface area contributed by atoms with E-state index in [1.807, 2.05) is 43.5 Å². The second-order valence-corrected chi connectivity index (χ2v) is 7.17. The van der Waals surface area contributed by atoms with Gasteiger partial charge in [-0.25, -0.2) is 4.98 Å². The molecule has 8 heteroatoms. The molecule has 0 aliphatic rings. The third kappa shape index (κ3) is 5.43. The van der Waals surface area contributed by atoms with Gasteiger partial charge in [0.05, 0.1) is 16.7 Å². The van der Waals surface area contributed by atoms with Gasteiger partial charge in [0.25, 0.3) is 0 Å². The maximum absolute atomic E-state index is 12.5. The van der Waals surface area contributed by atoms with Gasteiger partial charge >= 0.3 is 0 Å². The van der Waals surface area contributed by atoms with Crippen LogP contribution in [0.5, 0.6) is 0 Å². The van der Waals surface area contributed by atoms with Crippen LogP contribution in [0.2, 0.25) is 0 Å². The molecule has 0 aliphatic heterocycles. The molecule has 4 nitrogen and oxygen atoms in total. The van der Waals surface area contributed by atoms with Crippen molar-refractivity contribution in [2.24, 2.45) is 5.73 Å². The van der Waals surface area contributed by atoms with Crippen LogP contribution in [0.1, 0.15) is 36.2 Å². The monoisotopic (exact) mass is 439 g/mol. The van der Waals surface area contributed by atoms with Crippen LogP contribution in [0, 0.1) is 6.92 Å². The largest absolute Gasteiger partial charge is 0.346 e. The number of rotatable bonds is 4. The molecule has 0 fully saturated rings. The molecule has 1 heterocycles. The van der Waals surface area contributed by atoms with E-state index in [0.717, 1.165) is 20.7 Å². The lowest BCUT2D eigenvalue weighted by atomic mass is 9.92. The van der Waals surface area contributed by atoms with Gasteiger partial charge in [0.15, 0.2) is 0 Å². The van der Waals surface area contributed by atoms with E-state index in [9.17, 15) is 4.79 Å². The molecular weight excluding hydrogens is 421 g/mol. The normalized spacial score (nSPS) is 14.0. The summed E-state index contributed by atoms with van der Waals surface area (Å²) in [5.74, 6) is -0.219. The van der Waals surface area contributed by atoms with Crippen molar-refractivity contribution in [3.8, 4) is 0 Å². The number of nitrogens with two attached hydrogens (primary N) is 1. The minimum atomic E-state index is -1.08. The summed E-state index contributed by atoms with van der Waals surface area (Å²) in [6.07, 6.45) is 0. The van der Waals surface area contributed by atoms with E-state index in [2.05, 4.69) is 26.2 Å². The molecule has 2 rings (SSSR count). The van der Waals surface area contributed by atoms with E-state index >= 15 is 0 Å². The average Bonchev–Trinajstić information content (AvgIpc) is 2.86. The number of hydrogen-bond acceptors (Lipinski definition) is 4. The van der Waals surface area contributed by atoms with Gasteiger partial charge in [-0.2, -0.15) is 0 Å². The van der Waals surface area contributed by atoms with Gasteiger partial charge < -0.3 is 11.1 Å². The van der Waals surface area contributed by atoms with Gasteiger partial charge in [-0.3, -0.25) is 4.79 Å². The fraction of sp³-hybridized carbons (Fsp3) is 0.333. The maximum Gasteiger partial charge on any atom is 0.244 e. The predicted molar refractivity (Wildman–Crippen MR) is 104 cm³/mol. The minimum Gasteiger partial charge on any atom is -0.346 e. The molecule has 0 radical (unpaired) electrons. The Balaban J connectivity index is 0.00000242. The second kappa shape index (κ2) is 8.99. The first-order valence-electron chi connectivity index (χ1n) is 6.58. The van der Waals surface area contributed by atoms with Gasteiger partial charge in [-0.15, -0.1) is 36.2 Å². The Kier molecular flexibility index (Phi) is 8.73. The number of amides is 1. The summed E-state index contributed by atoms with van der Waals surface area (Å²) in [4.78, 5) is 16.9. The highest BCUT2D eigenvalue weighted by Crippen LogP contribution is 2.22. The van der Waals surface area contributed by atoms with Crippen molar-refractivity contribution in [2.45, 2.75) is 32.4 Å². The molecule has 1 aromatic heterocycles. The molecule has 128 valence electrons. The zero-order valence-electron chi connectivity index (χ0n) is 13.0. The fourth-order valence-corrected chi connectivity index (χ4v) is 2.90. The summed E-state index contributed by atoms with van der Waals surface area (Å²) in [6, 6.07) is 7.28. The Labute approximate surface area is 161 Å². The highest BCUT2D eigenvalue weighted by molar-refractivity contribution is 9.10. The first-order chi connectivity index (χ1) is 9.80. The molecule has 0 spiro atoms. The van der Waals surface area contributed by atoms with Crippen molar-refractivity contribution < 1.29 is 4.79 Å². The van der Waals surface area contributed by atoms with E-state index in [4.69, 9.17) is 5.73 Å². The maximum atomic E-state index is 12.5. The highest BCUT2D eigenvalue weighted by atomic mass is 79.9. The van der Waals surface area contributed by atoms with Crippen molar-refractivity contribution in [2.75, 3.05) is 0 Å². The first-order valence-corrected chi connectivity index (χ1v) is 8.26. The second-order valence-electron chi connectivity index (χ2n) is 5.20. The molecule has 2 atom stereocenters. The van der Waals surface area contributed by atoms with E-state index in [0.29, 0.717) is 0 Å². The summed E-state index contributed by atoms with van der Waals surface area (Å²) in [6.45, 7) is 5.56. The van der Waals surface area contributed by atoms with Crippen molar-refractivity contribution in [1.29, 1.82) is 0 Å². The lowest BCUT2D eigenvalue weighted by molar-refractivity contribution is -0.126.